The summed E-state index contributed by atoms with van der Waals surface area (Å²) in [6.45, 7) is 7.27. The molecule has 3 heteroatoms. The van der Waals surface area contributed by atoms with Crippen LogP contribution in [-0.2, 0) is 6.54 Å². The average molecular weight is 350 g/mol. The van der Waals surface area contributed by atoms with Gasteiger partial charge in [-0.05, 0) is 41.7 Å². The Balaban J connectivity index is 1.98. The van der Waals surface area contributed by atoms with Crippen molar-refractivity contribution in [2.75, 3.05) is 0 Å². The van der Waals surface area contributed by atoms with Crippen LogP contribution in [0.4, 0.5) is 4.39 Å². The summed E-state index contributed by atoms with van der Waals surface area (Å²) in [5.41, 5.74) is 3.67. The lowest BCUT2D eigenvalue weighted by Gasteiger charge is -2.16. The Bertz CT molecular complexity index is 593. The first-order chi connectivity index (χ1) is 9.97. The van der Waals surface area contributed by atoms with E-state index in [1.807, 2.05) is 6.07 Å². The molecule has 0 fully saturated rings. The molecule has 2 rings (SSSR count). The van der Waals surface area contributed by atoms with E-state index in [2.05, 4.69) is 66.3 Å². The molecule has 0 aliphatic carbocycles. The molecule has 2 aromatic rings. The second-order valence-electron chi connectivity index (χ2n) is 5.66. The molecule has 0 heterocycles. The Kier molecular flexibility index (Phi) is 5.54. The lowest BCUT2D eigenvalue weighted by Crippen LogP contribution is -2.18. The predicted molar refractivity (Wildman–Crippen MR) is 89.9 cm³/mol. The molecule has 21 heavy (non-hydrogen) atoms. The van der Waals surface area contributed by atoms with Gasteiger partial charge in [0.1, 0.15) is 5.82 Å². The summed E-state index contributed by atoms with van der Waals surface area (Å²) >= 11 is 3.42. The fourth-order valence-electron chi connectivity index (χ4n) is 2.25. The summed E-state index contributed by atoms with van der Waals surface area (Å²) in [6.07, 6.45) is 0. The second-order valence-corrected chi connectivity index (χ2v) is 6.52. The zero-order valence-corrected chi connectivity index (χ0v) is 14.2. The summed E-state index contributed by atoms with van der Waals surface area (Å²) in [4.78, 5) is 0. The number of hydrogen-bond acceptors (Lipinski definition) is 1. The van der Waals surface area contributed by atoms with E-state index in [0.29, 0.717) is 5.92 Å². The first-order valence-electron chi connectivity index (χ1n) is 7.24. The van der Waals surface area contributed by atoms with E-state index in [-0.39, 0.29) is 11.9 Å². The van der Waals surface area contributed by atoms with Crippen LogP contribution in [-0.4, -0.2) is 0 Å². The molecule has 112 valence electrons. The Morgan fingerprint density at radius 1 is 1.05 bits per heavy atom. The molecule has 1 atom stereocenters. The van der Waals surface area contributed by atoms with Crippen LogP contribution < -0.4 is 5.32 Å². The summed E-state index contributed by atoms with van der Waals surface area (Å²) in [5.74, 6) is 0.336. The summed E-state index contributed by atoms with van der Waals surface area (Å²) in [6, 6.07) is 13.7. The van der Waals surface area contributed by atoms with Gasteiger partial charge in [0.25, 0.3) is 0 Å². The maximum Gasteiger partial charge on any atom is 0.124 e. The van der Waals surface area contributed by atoms with Gasteiger partial charge in [0.15, 0.2) is 0 Å². The van der Waals surface area contributed by atoms with Gasteiger partial charge < -0.3 is 5.32 Å². The monoisotopic (exact) mass is 349 g/mol. The number of benzene rings is 2. The standard InChI is InChI=1S/C18H21BrFN/c1-12(2)15-6-4-14(5-7-15)11-21-13(3)17-9-8-16(20)10-18(17)19/h4-10,12-13,21H,11H2,1-3H3. The highest BCUT2D eigenvalue weighted by Crippen LogP contribution is 2.24. The zero-order chi connectivity index (χ0) is 15.4. The fraction of sp³-hybridized carbons (Fsp3) is 0.333. The largest absolute Gasteiger partial charge is 0.306 e. The SMILES string of the molecule is CC(C)c1ccc(CNC(C)c2ccc(F)cc2Br)cc1. The van der Waals surface area contributed by atoms with E-state index >= 15 is 0 Å². The van der Waals surface area contributed by atoms with Crippen molar-refractivity contribution >= 4 is 15.9 Å². The van der Waals surface area contributed by atoms with E-state index in [0.717, 1.165) is 16.6 Å². The van der Waals surface area contributed by atoms with Gasteiger partial charge in [-0.25, -0.2) is 4.39 Å². The van der Waals surface area contributed by atoms with E-state index in [1.165, 1.54) is 23.3 Å². The van der Waals surface area contributed by atoms with E-state index in [9.17, 15) is 4.39 Å². The topological polar surface area (TPSA) is 12.0 Å². The third-order valence-electron chi connectivity index (χ3n) is 3.69. The first kappa shape index (κ1) is 16.2. The Hall–Kier alpha value is -1.19. The lowest BCUT2D eigenvalue weighted by atomic mass is 10.0. The van der Waals surface area contributed by atoms with Gasteiger partial charge in [-0.2, -0.15) is 0 Å². The van der Waals surface area contributed by atoms with Crippen molar-refractivity contribution in [3.63, 3.8) is 0 Å². The molecule has 1 nitrogen and oxygen atoms in total. The van der Waals surface area contributed by atoms with Crippen LogP contribution in [0.3, 0.4) is 0 Å². The Morgan fingerprint density at radius 2 is 1.71 bits per heavy atom. The van der Waals surface area contributed by atoms with Crippen LogP contribution in [0.25, 0.3) is 0 Å². The average Bonchev–Trinajstić information content (AvgIpc) is 2.45. The van der Waals surface area contributed by atoms with E-state index in [1.54, 1.807) is 0 Å². The lowest BCUT2D eigenvalue weighted by molar-refractivity contribution is 0.568. The molecule has 0 aromatic heterocycles. The van der Waals surface area contributed by atoms with Crippen LogP contribution in [0, 0.1) is 5.82 Å². The third-order valence-corrected chi connectivity index (χ3v) is 4.37. The molecular weight excluding hydrogens is 329 g/mol. The van der Waals surface area contributed by atoms with Crippen LogP contribution in [0.2, 0.25) is 0 Å². The van der Waals surface area contributed by atoms with Gasteiger partial charge in [-0.1, -0.05) is 60.1 Å². The van der Waals surface area contributed by atoms with Crippen molar-refractivity contribution in [3.05, 3.63) is 69.4 Å². The predicted octanol–water partition coefficient (Wildman–Crippen LogP) is 5.56. The minimum Gasteiger partial charge on any atom is -0.306 e. The quantitative estimate of drug-likeness (QED) is 0.744. The minimum absolute atomic E-state index is 0.157. The number of rotatable bonds is 5. The molecule has 0 aliphatic rings. The molecule has 0 saturated heterocycles. The first-order valence-corrected chi connectivity index (χ1v) is 8.04. The molecule has 0 radical (unpaired) electrons. The van der Waals surface area contributed by atoms with Gasteiger partial charge in [-0.15, -0.1) is 0 Å². The molecule has 1 N–H and O–H groups in total. The highest BCUT2D eigenvalue weighted by Gasteiger charge is 2.09. The Labute approximate surface area is 134 Å². The normalized spacial score (nSPS) is 12.7. The highest BCUT2D eigenvalue weighted by molar-refractivity contribution is 9.10. The summed E-state index contributed by atoms with van der Waals surface area (Å²) < 4.78 is 13.9. The van der Waals surface area contributed by atoms with Crippen molar-refractivity contribution in [2.24, 2.45) is 0 Å². The van der Waals surface area contributed by atoms with Gasteiger partial charge >= 0.3 is 0 Å². The second kappa shape index (κ2) is 7.19. The fourth-order valence-corrected chi connectivity index (χ4v) is 2.95. The van der Waals surface area contributed by atoms with Crippen molar-refractivity contribution in [3.8, 4) is 0 Å². The smallest absolute Gasteiger partial charge is 0.124 e. The Morgan fingerprint density at radius 3 is 2.29 bits per heavy atom. The molecule has 0 saturated carbocycles. The van der Waals surface area contributed by atoms with Crippen LogP contribution in [0.15, 0.2) is 46.9 Å². The molecular formula is C18H21BrFN. The third kappa shape index (κ3) is 4.39. The number of nitrogens with one attached hydrogen (secondary N) is 1. The molecule has 0 bridgehead atoms. The van der Waals surface area contributed by atoms with Crippen molar-refractivity contribution in [1.29, 1.82) is 0 Å². The van der Waals surface area contributed by atoms with Gasteiger partial charge in [0.05, 0.1) is 0 Å². The van der Waals surface area contributed by atoms with Crippen molar-refractivity contribution in [1.82, 2.24) is 5.32 Å². The summed E-state index contributed by atoms with van der Waals surface area (Å²) in [7, 11) is 0. The zero-order valence-electron chi connectivity index (χ0n) is 12.7. The maximum absolute atomic E-state index is 13.1. The number of halogens is 2. The summed E-state index contributed by atoms with van der Waals surface area (Å²) in [5, 5.41) is 3.47. The van der Waals surface area contributed by atoms with Crippen LogP contribution in [0.1, 0.15) is 49.4 Å². The number of hydrogen-bond donors (Lipinski definition) is 1. The highest BCUT2D eigenvalue weighted by atomic mass is 79.9. The van der Waals surface area contributed by atoms with Crippen LogP contribution >= 0.6 is 15.9 Å². The molecule has 0 amide bonds. The van der Waals surface area contributed by atoms with E-state index < -0.39 is 0 Å². The molecule has 2 aromatic carbocycles. The minimum atomic E-state index is -0.220. The van der Waals surface area contributed by atoms with Gasteiger partial charge in [0, 0.05) is 17.1 Å². The molecule has 1 unspecified atom stereocenters. The van der Waals surface area contributed by atoms with Gasteiger partial charge in [0.2, 0.25) is 0 Å². The van der Waals surface area contributed by atoms with Crippen molar-refractivity contribution < 1.29 is 4.39 Å². The van der Waals surface area contributed by atoms with Crippen LogP contribution in [0.5, 0.6) is 0 Å². The molecule has 0 spiro atoms. The van der Waals surface area contributed by atoms with E-state index in [4.69, 9.17) is 0 Å². The van der Waals surface area contributed by atoms with Crippen molar-refractivity contribution in [2.45, 2.75) is 39.3 Å². The van der Waals surface area contributed by atoms with Gasteiger partial charge in [-0.3, -0.25) is 0 Å². The molecule has 0 aliphatic heterocycles. The maximum atomic E-state index is 13.1.